The molecule has 0 heterocycles. The van der Waals surface area contributed by atoms with Crippen LogP contribution < -0.4 is 0 Å². The molecule has 0 spiro atoms. The molecule has 0 bridgehead atoms. The Hall–Kier alpha value is 0.350. The van der Waals surface area contributed by atoms with Gasteiger partial charge in [0, 0.05) is 20.9 Å². The van der Waals surface area contributed by atoms with Crippen molar-refractivity contribution in [3.8, 4) is 0 Å². The van der Waals surface area contributed by atoms with E-state index in [-0.39, 0.29) is 0 Å². The highest BCUT2D eigenvalue weighted by Gasteiger charge is 1.89. The van der Waals surface area contributed by atoms with Crippen LogP contribution >= 0.6 is 8.38 Å². The summed E-state index contributed by atoms with van der Waals surface area (Å²) in [5.41, 5.74) is 0. The normalized spacial score (nSPS) is 10.0. The molecular formula is C3H8O2P. The van der Waals surface area contributed by atoms with Crippen molar-refractivity contribution in [3.63, 3.8) is 0 Å². The van der Waals surface area contributed by atoms with Crippen LogP contribution in [0.4, 0.5) is 0 Å². The largest absolute Gasteiger partial charge is 0.337 e. The van der Waals surface area contributed by atoms with Crippen LogP contribution in [0.3, 0.4) is 0 Å². The molecule has 0 aromatic carbocycles. The van der Waals surface area contributed by atoms with E-state index in [1.165, 1.54) is 0 Å². The van der Waals surface area contributed by atoms with E-state index in [1.807, 2.05) is 0 Å². The van der Waals surface area contributed by atoms with Crippen LogP contribution in [-0.2, 0) is 9.05 Å². The summed E-state index contributed by atoms with van der Waals surface area (Å²) >= 11 is 0. The Morgan fingerprint density at radius 3 is 1.67 bits per heavy atom. The fourth-order valence-corrected chi connectivity index (χ4v) is 0.224. The van der Waals surface area contributed by atoms with Crippen LogP contribution in [0.1, 0.15) is 0 Å². The van der Waals surface area contributed by atoms with E-state index in [0.29, 0.717) is 0 Å². The minimum atomic E-state index is -0.826. The summed E-state index contributed by atoms with van der Waals surface area (Å²) in [5, 5.41) is 0. The monoisotopic (exact) mass is 107 g/mol. The van der Waals surface area contributed by atoms with E-state index in [1.54, 1.807) is 14.2 Å². The molecule has 0 rings (SSSR count). The van der Waals surface area contributed by atoms with E-state index in [0.717, 1.165) is 0 Å². The molecule has 3 heteroatoms. The summed E-state index contributed by atoms with van der Waals surface area (Å²) < 4.78 is 9.26. The van der Waals surface area contributed by atoms with Crippen LogP contribution in [0.2, 0.25) is 0 Å². The third kappa shape index (κ3) is 2.58. The van der Waals surface area contributed by atoms with Gasteiger partial charge in [0.05, 0.1) is 0 Å². The SMILES string of the molecule is [CH2]P(OC)OC. The molecule has 6 heavy (non-hydrogen) atoms. The second-order valence-electron chi connectivity index (χ2n) is 0.698. The third-order valence-electron chi connectivity index (χ3n) is 0.407. The second-order valence-corrected chi connectivity index (χ2v) is 2.09. The first-order valence-electron chi connectivity index (χ1n) is 1.50. The van der Waals surface area contributed by atoms with Crippen molar-refractivity contribution in [2.24, 2.45) is 0 Å². The summed E-state index contributed by atoms with van der Waals surface area (Å²) in [5.74, 6) is 0. The van der Waals surface area contributed by atoms with Crippen molar-refractivity contribution in [1.82, 2.24) is 0 Å². The molecule has 0 aliphatic rings. The molecule has 0 saturated heterocycles. The maximum atomic E-state index is 4.63. The number of rotatable bonds is 2. The van der Waals surface area contributed by atoms with E-state index in [9.17, 15) is 0 Å². The highest BCUT2D eigenvalue weighted by atomic mass is 31.2. The Morgan fingerprint density at radius 1 is 1.33 bits per heavy atom. The zero-order valence-electron chi connectivity index (χ0n) is 3.97. The van der Waals surface area contributed by atoms with E-state index >= 15 is 0 Å². The molecule has 0 aromatic rings. The van der Waals surface area contributed by atoms with Gasteiger partial charge in [-0.05, 0) is 0 Å². The lowest BCUT2D eigenvalue weighted by atomic mass is 11.8. The van der Waals surface area contributed by atoms with Gasteiger partial charge >= 0.3 is 0 Å². The lowest BCUT2D eigenvalue weighted by molar-refractivity contribution is 0.349. The molecule has 0 saturated carbocycles. The van der Waals surface area contributed by atoms with Crippen LogP contribution in [0.15, 0.2) is 0 Å². The standard InChI is InChI=1S/C3H8O2P/c1-4-6(3)5-2/h3H2,1-2H3. The quantitative estimate of drug-likeness (QED) is 0.496. The van der Waals surface area contributed by atoms with Gasteiger partial charge in [-0.15, -0.1) is 0 Å². The molecule has 0 aliphatic heterocycles. The minimum absolute atomic E-state index is 0.826. The predicted molar refractivity (Wildman–Crippen MR) is 26.3 cm³/mol. The van der Waals surface area contributed by atoms with Gasteiger partial charge in [0.1, 0.15) is 0 Å². The molecule has 0 unspecified atom stereocenters. The molecule has 0 N–H and O–H groups in total. The zero-order chi connectivity index (χ0) is 4.99. The first-order valence-corrected chi connectivity index (χ1v) is 2.86. The highest BCUT2D eigenvalue weighted by molar-refractivity contribution is 7.48. The zero-order valence-corrected chi connectivity index (χ0v) is 4.87. The first-order chi connectivity index (χ1) is 2.81. The minimum Gasteiger partial charge on any atom is -0.337 e. The summed E-state index contributed by atoms with van der Waals surface area (Å²) in [7, 11) is 2.32. The highest BCUT2D eigenvalue weighted by Crippen LogP contribution is 2.32. The summed E-state index contributed by atoms with van der Waals surface area (Å²) in [4.78, 5) is 0. The van der Waals surface area contributed by atoms with Gasteiger partial charge in [0.2, 0.25) is 0 Å². The fourth-order valence-electron chi connectivity index (χ4n) is 0.0745. The molecule has 0 aliphatic carbocycles. The predicted octanol–water partition coefficient (Wildman–Crippen LogP) is 1.38. The van der Waals surface area contributed by atoms with Crippen LogP contribution in [0.5, 0.6) is 0 Å². The number of hydrogen-bond donors (Lipinski definition) is 0. The molecule has 37 valence electrons. The van der Waals surface area contributed by atoms with Crippen molar-refractivity contribution in [1.29, 1.82) is 0 Å². The van der Waals surface area contributed by atoms with Crippen molar-refractivity contribution >= 4 is 8.38 Å². The van der Waals surface area contributed by atoms with Crippen LogP contribution in [0, 0.1) is 6.66 Å². The van der Waals surface area contributed by atoms with Crippen LogP contribution in [0.25, 0.3) is 0 Å². The number of hydrogen-bond acceptors (Lipinski definition) is 2. The van der Waals surface area contributed by atoms with Crippen molar-refractivity contribution < 1.29 is 9.05 Å². The lowest BCUT2D eigenvalue weighted by Gasteiger charge is -2.01. The molecule has 0 amide bonds. The van der Waals surface area contributed by atoms with Gasteiger partial charge in [-0.2, -0.15) is 0 Å². The van der Waals surface area contributed by atoms with E-state index in [2.05, 4.69) is 15.7 Å². The Balaban J connectivity index is 2.75. The summed E-state index contributed by atoms with van der Waals surface area (Å²) in [6.45, 7) is 3.50. The average Bonchev–Trinajstić information content (AvgIpc) is 1.65. The smallest absolute Gasteiger partial charge is 0.170 e. The van der Waals surface area contributed by atoms with Crippen LogP contribution in [-0.4, -0.2) is 14.2 Å². The summed E-state index contributed by atoms with van der Waals surface area (Å²) in [6, 6.07) is 0. The average molecular weight is 107 g/mol. The topological polar surface area (TPSA) is 18.5 Å². The molecule has 0 aromatic heterocycles. The molecule has 0 atom stereocenters. The maximum Gasteiger partial charge on any atom is 0.170 e. The Labute approximate surface area is 39.4 Å². The van der Waals surface area contributed by atoms with Gasteiger partial charge in [0.15, 0.2) is 8.38 Å². The van der Waals surface area contributed by atoms with E-state index < -0.39 is 8.38 Å². The van der Waals surface area contributed by atoms with Gasteiger partial charge in [-0.25, -0.2) is 0 Å². The van der Waals surface area contributed by atoms with Crippen molar-refractivity contribution in [2.75, 3.05) is 14.2 Å². The molecule has 0 fully saturated rings. The van der Waals surface area contributed by atoms with Gasteiger partial charge < -0.3 is 9.05 Å². The second kappa shape index (κ2) is 3.54. The maximum absolute atomic E-state index is 4.63. The Kier molecular flexibility index (Phi) is 3.74. The van der Waals surface area contributed by atoms with E-state index in [4.69, 9.17) is 0 Å². The summed E-state index contributed by atoms with van der Waals surface area (Å²) in [6.07, 6.45) is 0. The molecule has 1 radical (unpaired) electrons. The van der Waals surface area contributed by atoms with Crippen molar-refractivity contribution in [3.05, 3.63) is 6.66 Å². The Bertz CT molecular complexity index is 28.0. The van der Waals surface area contributed by atoms with Crippen molar-refractivity contribution in [2.45, 2.75) is 0 Å². The third-order valence-corrected chi connectivity index (χ3v) is 1.22. The Morgan fingerprint density at radius 2 is 1.67 bits per heavy atom. The van der Waals surface area contributed by atoms with Gasteiger partial charge in [-0.3, -0.25) is 0 Å². The van der Waals surface area contributed by atoms with Gasteiger partial charge in [-0.1, -0.05) is 0 Å². The van der Waals surface area contributed by atoms with Gasteiger partial charge in [0.25, 0.3) is 0 Å². The first kappa shape index (κ1) is 6.35. The molecule has 2 nitrogen and oxygen atoms in total. The lowest BCUT2D eigenvalue weighted by Crippen LogP contribution is -1.72. The molecular weight excluding hydrogens is 99.0 g/mol. The fraction of sp³-hybridized carbons (Fsp3) is 0.667.